The van der Waals surface area contributed by atoms with Gasteiger partial charge in [0.25, 0.3) is 0 Å². The number of carbonyl (C=O) groups is 1. The fourth-order valence-electron chi connectivity index (χ4n) is 3.94. The Labute approximate surface area is 169 Å². The van der Waals surface area contributed by atoms with Gasteiger partial charge in [-0.25, -0.2) is 0 Å². The molecule has 1 aliphatic rings. The van der Waals surface area contributed by atoms with Gasteiger partial charge in [0.1, 0.15) is 23.7 Å². The Kier molecular flexibility index (Phi) is 6.48. The molecule has 1 fully saturated rings. The molecule has 1 N–H and O–H groups in total. The molecule has 0 bridgehead atoms. The average molecular weight is 401 g/mol. The number of para-hydroxylation sites is 1. The molecule has 9 heteroatoms. The van der Waals surface area contributed by atoms with Gasteiger partial charge in [0.15, 0.2) is 0 Å². The minimum atomic E-state index is -0.461. The molecule has 0 radical (unpaired) electrons. The first-order valence-corrected chi connectivity index (χ1v) is 9.74. The van der Waals surface area contributed by atoms with Crippen molar-refractivity contribution in [2.75, 3.05) is 26.7 Å². The van der Waals surface area contributed by atoms with E-state index in [0.717, 1.165) is 37.2 Å². The molecule has 1 aromatic carbocycles. The molecule has 1 saturated heterocycles. The molecule has 0 spiro atoms. The van der Waals surface area contributed by atoms with Gasteiger partial charge in [0.2, 0.25) is 5.91 Å². The van der Waals surface area contributed by atoms with Gasteiger partial charge in [0, 0.05) is 12.1 Å². The lowest BCUT2D eigenvalue weighted by Gasteiger charge is -2.29. The largest absolute Gasteiger partial charge is 0.496 e. The van der Waals surface area contributed by atoms with Crippen LogP contribution in [0.25, 0.3) is 0 Å². The lowest BCUT2D eigenvalue weighted by molar-refractivity contribution is -0.386. The number of ether oxygens (including phenoxy) is 1. The van der Waals surface area contributed by atoms with E-state index in [-0.39, 0.29) is 24.2 Å². The van der Waals surface area contributed by atoms with E-state index >= 15 is 0 Å². The maximum atomic E-state index is 12.6. The Morgan fingerprint density at radius 1 is 1.31 bits per heavy atom. The number of amides is 1. The Bertz CT molecular complexity index is 889. The van der Waals surface area contributed by atoms with Gasteiger partial charge in [0.05, 0.1) is 18.1 Å². The number of nitrogens with zero attached hydrogens (tertiary/aromatic N) is 4. The summed E-state index contributed by atoms with van der Waals surface area (Å²) < 4.78 is 6.91. The fourth-order valence-corrected chi connectivity index (χ4v) is 3.94. The van der Waals surface area contributed by atoms with Gasteiger partial charge in [-0.1, -0.05) is 18.2 Å². The van der Waals surface area contributed by atoms with Crippen molar-refractivity contribution < 1.29 is 14.5 Å². The summed E-state index contributed by atoms with van der Waals surface area (Å²) in [5, 5.41) is 18.3. The minimum absolute atomic E-state index is 0.00684. The van der Waals surface area contributed by atoms with Gasteiger partial charge >= 0.3 is 5.69 Å². The molecular formula is C20H27N5O4. The number of carbonyl (C=O) groups excluding carboxylic acids is 1. The fraction of sp³-hybridized carbons (Fsp3) is 0.500. The van der Waals surface area contributed by atoms with Crippen molar-refractivity contribution in [3.8, 4) is 5.75 Å². The number of hydrogen-bond acceptors (Lipinski definition) is 6. The van der Waals surface area contributed by atoms with Crippen LogP contribution in [-0.2, 0) is 11.3 Å². The zero-order valence-corrected chi connectivity index (χ0v) is 17.1. The summed E-state index contributed by atoms with van der Waals surface area (Å²) in [5.41, 5.74) is 1.69. The predicted molar refractivity (Wildman–Crippen MR) is 108 cm³/mol. The first-order valence-electron chi connectivity index (χ1n) is 9.74. The molecule has 2 aromatic rings. The Hall–Kier alpha value is -2.94. The Balaban J connectivity index is 1.72. The van der Waals surface area contributed by atoms with Gasteiger partial charge < -0.3 is 10.1 Å². The zero-order chi connectivity index (χ0) is 21.0. The number of benzene rings is 1. The van der Waals surface area contributed by atoms with E-state index in [1.165, 1.54) is 4.68 Å². The van der Waals surface area contributed by atoms with Gasteiger partial charge in [-0.05, 0) is 45.8 Å². The first kappa shape index (κ1) is 20.8. The van der Waals surface area contributed by atoms with Crippen LogP contribution in [0.4, 0.5) is 5.69 Å². The Morgan fingerprint density at radius 3 is 2.62 bits per heavy atom. The summed E-state index contributed by atoms with van der Waals surface area (Å²) in [7, 11) is 1.65. The molecule has 1 unspecified atom stereocenters. The number of hydrogen-bond donors (Lipinski definition) is 1. The standard InChI is InChI=1S/C20H27N5O4/c1-14-20(25(27)28)15(2)24(22-14)13-19(26)21-12-17(23-10-6-7-11-23)16-8-4-5-9-18(16)29-3/h4-5,8-9,17H,6-7,10-13H2,1-3H3,(H,21,26). The number of rotatable bonds is 8. The molecule has 0 aliphatic carbocycles. The third kappa shape index (κ3) is 4.56. The SMILES string of the molecule is COc1ccccc1C(CNC(=O)Cn1nc(C)c([N+](=O)[O-])c1C)N1CCCC1. The topological polar surface area (TPSA) is 103 Å². The average Bonchev–Trinajstić information content (AvgIpc) is 3.31. The van der Waals surface area contributed by atoms with Gasteiger partial charge in [-0.15, -0.1) is 0 Å². The lowest BCUT2D eigenvalue weighted by atomic mass is 10.0. The molecule has 2 heterocycles. The van der Waals surface area contributed by atoms with E-state index in [4.69, 9.17) is 4.74 Å². The molecule has 29 heavy (non-hydrogen) atoms. The second-order valence-electron chi connectivity index (χ2n) is 7.24. The van der Waals surface area contributed by atoms with Crippen LogP contribution in [0.15, 0.2) is 24.3 Å². The van der Waals surface area contributed by atoms with Gasteiger partial charge in [-0.3, -0.25) is 24.5 Å². The van der Waals surface area contributed by atoms with E-state index in [0.29, 0.717) is 17.9 Å². The number of likely N-dealkylation sites (tertiary alicyclic amines) is 1. The van der Waals surface area contributed by atoms with Crippen LogP contribution in [-0.4, -0.2) is 52.3 Å². The molecule has 9 nitrogen and oxygen atoms in total. The van der Waals surface area contributed by atoms with Crippen molar-refractivity contribution in [1.29, 1.82) is 0 Å². The van der Waals surface area contributed by atoms with Crippen LogP contribution in [0.2, 0.25) is 0 Å². The van der Waals surface area contributed by atoms with Crippen LogP contribution < -0.4 is 10.1 Å². The molecule has 0 saturated carbocycles. The highest BCUT2D eigenvalue weighted by Gasteiger charge is 2.27. The summed E-state index contributed by atoms with van der Waals surface area (Å²) in [4.78, 5) is 25.6. The smallest absolute Gasteiger partial charge is 0.312 e. The van der Waals surface area contributed by atoms with E-state index in [2.05, 4.69) is 15.3 Å². The van der Waals surface area contributed by atoms with Crippen molar-refractivity contribution in [2.24, 2.45) is 0 Å². The number of nitrogens with one attached hydrogen (secondary N) is 1. The van der Waals surface area contributed by atoms with Crippen molar-refractivity contribution in [3.05, 3.63) is 51.3 Å². The molecule has 1 amide bonds. The Morgan fingerprint density at radius 2 is 2.00 bits per heavy atom. The number of aryl methyl sites for hydroxylation is 1. The predicted octanol–water partition coefficient (Wildman–Crippen LogP) is 2.37. The van der Waals surface area contributed by atoms with Crippen LogP contribution in [0.3, 0.4) is 0 Å². The van der Waals surface area contributed by atoms with Crippen LogP contribution in [0.1, 0.15) is 35.8 Å². The number of nitro groups is 1. The summed E-state index contributed by atoms with van der Waals surface area (Å²) in [6, 6.07) is 7.86. The van der Waals surface area contributed by atoms with Crippen molar-refractivity contribution in [2.45, 2.75) is 39.3 Å². The van der Waals surface area contributed by atoms with E-state index in [9.17, 15) is 14.9 Å². The molecule has 156 valence electrons. The molecular weight excluding hydrogens is 374 g/mol. The molecule has 1 atom stereocenters. The molecule has 3 rings (SSSR count). The maximum absolute atomic E-state index is 12.6. The summed E-state index contributed by atoms with van der Waals surface area (Å²) in [6.07, 6.45) is 2.27. The minimum Gasteiger partial charge on any atom is -0.496 e. The van der Waals surface area contributed by atoms with Crippen LogP contribution >= 0.6 is 0 Å². The third-order valence-electron chi connectivity index (χ3n) is 5.39. The highest BCUT2D eigenvalue weighted by Crippen LogP contribution is 2.31. The zero-order valence-electron chi connectivity index (χ0n) is 17.1. The van der Waals surface area contributed by atoms with Gasteiger partial charge in [-0.2, -0.15) is 5.10 Å². The second-order valence-corrected chi connectivity index (χ2v) is 7.24. The monoisotopic (exact) mass is 401 g/mol. The van der Waals surface area contributed by atoms with Crippen LogP contribution in [0, 0.1) is 24.0 Å². The van der Waals surface area contributed by atoms with E-state index in [1.807, 2.05) is 24.3 Å². The summed E-state index contributed by atoms with van der Waals surface area (Å²) >= 11 is 0. The highest BCUT2D eigenvalue weighted by molar-refractivity contribution is 5.76. The van der Waals surface area contributed by atoms with Crippen LogP contribution in [0.5, 0.6) is 5.75 Å². The second kappa shape index (κ2) is 9.04. The normalized spacial score (nSPS) is 15.3. The van der Waals surface area contributed by atoms with Crippen molar-refractivity contribution in [3.63, 3.8) is 0 Å². The quantitative estimate of drug-likeness (QED) is 0.538. The number of methoxy groups -OCH3 is 1. The van der Waals surface area contributed by atoms with E-state index < -0.39 is 4.92 Å². The summed E-state index contributed by atoms with van der Waals surface area (Å²) in [5.74, 6) is 0.567. The molecule has 1 aromatic heterocycles. The number of aromatic nitrogens is 2. The third-order valence-corrected chi connectivity index (χ3v) is 5.39. The van der Waals surface area contributed by atoms with Crippen molar-refractivity contribution in [1.82, 2.24) is 20.0 Å². The molecule has 1 aliphatic heterocycles. The van der Waals surface area contributed by atoms with E-state index in [1.54, 1.807) is 21.0 Å². The summed E-state index contributed by atoms with van der Waals surface area (Å²) in [6.45, 7) is 5.50. The first-order chi connectivity index (χ1) is 13.9. The lowest BCUT2D eigenvalue weighted by Crippen LogP contribution is -2.38. The van der Waals surface area contributed by atoms with Crippen molar-refractivity contribution >= 4 is 11.6 Å². The maximum Gasteiger partial charge on any atom is 0.312 e. The highest BCUT2D eigenvalue weighted by atomic mass is 16.6.